The molecule has 0 radical (unpaired) electrons. The van der Waals surface area contributed by atoms with Crippen molar-refractivity contribution in [1.29, 1.82) is 0 Å². The molecule has 8 aromatic carbocycles. The van der Waals surface area contributed by atoms with E-state index in [4.69, 9.17) is 29.5 Å². The molecule has 18 nitrogen and oxygen atoms in total. The van der Waals surface area contributed by atoms with Crippen LogP contribution in [0.4, 0.5) is 25.8 Å². The maximum absolute atomic E-state index is 13.7. The number of halogens is 5. The highest BCUT2D eigenvalue weighted by atomic mass is 79.9. The zero-order valence-electron chi connectivity index (χ0n) is 58.5. The van der Waals surface area contributed by atoms with Gasteiger partial charge in [0.2, 0.25) is 0 Å². The predicted molar refractivity (Wildman–Crippen MR) is 431 cm³/mol. The van der Waals surface area contributed by atoms with Gasteiger partial charge in [-0.1, -0.05) is 110 Å². The number of fused-ring (bicyclic) bond motifs is 3. The number of carbonyl (C=O) groups excluding carboxylic acids is 3. The fourth-order valence-corrected chi connectivity index (χ4v) is 16.4. The van der Waals surface area contributed by atoms with Crippen LogP contribution in [-0.4, -0.2) is 101 Å². The van der Waals surface area contributed by atoms with Gasteiger partial charge >= 0.3 is 0 Å². The Labute approximate surface area is 661 Å². The quantitative estimate of drug-likeness (QED) is 0.0740. The summed E-state index contributed by atoms with van der Waals surface area (Å²) in [5, 5.41) is 29.4. The Morgan fingerprint density at radius 1 is 0.440 bits per heavy atom. The lowest BCUT2D eigenvalue weighted by atomic mass is 10.0. The number of nitrogens with zero attached hydrogens (tertiary/aromatic N) is 9. The van der Waals surface area contributed by atoms with Crippen molar-refractivity contribution in [2.45, 2.75) is 55.7 Å². The molecule has 0 aliphatic carbocycles. The van der Waals surface area contributed by atoms with Gasteiger partial charge in [0.25, 0.3) is 17.7 Å². The molecular formula is C84H69Br3F2N12O6S2. The van der Waals surface area contributed by atoms with Gasteiger partial charge in [0.15, 0.2) is 18.7 Å². The number of thioether (sulfide) groups is 1. The molecule has 3 amide bonds. The number of rotatable bonds is 18. The number of hydrogen-bond acceptors (Lipinski definition) is 14. The Hall–Kier alpha value is -10.4. The Kier molecular flexibility index (Phi) is 21.2. The zero-order valence-corrected chi connectivity index (χ0v) is 64.9. The summed E-state index contributed by atoms with van der Waals surface area (Å²) in [4.78, 5) is 45.2. The third-order valence-electron chi connectivity index (χ3n) is 19.5. The van der Waals surface area contributed by atoms with Crippen LogP contribution in [0.25, 0.3) is 50.8 Å². The van der Waals surface area contributed by atoms with Crippen LogP contribution in [0.15, 0.2) is 266 Å². The number of thiophene rings is 1. The largest absolute Gasteiger partial charge is 0.359 e. The third-order valence-corrected chi connectivity index (χ3v) is 22.7. The minimum atomic E-state index is -0.595. The number of aromatic nitrogens is 6. The first kappa shape index (κ1) is 72.8. The lowest BCUT2D eigenvalue weighted by molar-refractivity contribution is -0.128. The smallest absolute Gasteiger partial charge is 0.250 e. The van der Waals surface area contributed by atoms with E-state index in [1.165, 1.54) is 41.0 Å². The Balaban J connectivity index is 0.000000125. The van der Waals surface area contributed by atoms with E-state index in [2.05, 4.69) is 143 Å². The molecule has 3 saturated heterocycles. The van der Waals surface area contributed by atoms with Gasteiger partial charge in [-0.2, -0.15) is 26.6 Å². The lowest BCUT2D eigenvalue weighted by Crippen LogP contribution is -2.30. The molecule has 4 aromatic heterocycles. The Morgan fingerprint density at radius 3 is 1.18 bits per heavy atom. The van der Waals surface area contributed by atoms with Crippen LogP contribution >= 0.6 is 70.9 Å². The van der Waals surface area contributed by atoms with Gasteiger partial charge in [-0.05, 0) is 204 Å². The number of benzene rings is 8. The summed E-state index contributed by atoms with van der Waals surface area (Å²) in [5.74, 6) is -0.781. The Morgan fingerprint density at radius 2 is 0.807 bits per heavy atom. The van der Waals surface area contributed by atoms with E-state index in [0.717, 1.165) is 138 Å². The molecule has 3 fully saturated rings. The molecule has 10 heterocycles. The molecule has 12 aromatic rings. The first-order valence-corrected chi connectivity index (χ1v) is 39.3. The summed E-state index contributed by atoms with van der Waals surface area (Å²) in [6.07, 6.45) is 7.89. The minimum absolute atomic E-state index is 0.000766. The molecule has 3 atom stereocenters. The van der Waals surface area contributed by atoms with Crippen molar-refractivity contribution in [2.75, 3.05) is 55.4 Å². The standard InChI is InChI=1S/C29H24BrFN4O2.C28H22BrFN4O2S.C27H23BrN4O2S/c1-18-14-21-15-19(2-11-26(21)32-18)12-13-34-27(36)17-37-29(34)25-16-35(24-9-5-22(30)6-10-24)33-28(25)20-3-7-23(31)8-4-20;1-17-31-24-11-2-18(14-25(24)37-17)12-13-33-26(35)16-36-28(33)23-15-34(22-9-5-20(29)6-10-22)32-27(23)19-3-7-21(30)8-4-19;1-17-12-20-13-18(2-7-24(20)29-17)8-10-31-25(33)15-34-27(31)23-14-32(22-5-3-21(28)4-6-22)30-26(23)19-9-11-35-16-19/h2-11,15-16,29,32H,1,12-14,17H2;2-11,14-15,28,31H,1,12-13,16H2;2-7,9,11,13-14,16,27,29H,1,8,10,12,15H2. The number of carbonyl (C=O) groups is 3. The highest BCUT2D eigenvalue weighted by Crippen LogP contribution is 2.43. The molecule has 3 N–H and O–H groups in total. The SMILES string of the molecule is C=C1Cc2cc(CCN3C(=O)COC3c3cn(-c4ccc(Br)cc4)nc3-c3ccc(F)cc3)ccc2N1.C=C1Cc2cc(CCN3C(=O)COC3c3cn(-c4ccc(Br)cc4)nc3-c3ccsc3)ccc2N1.C=C1Nc2ccc(CCN3C(=O)COC3c3cn(-c4ccc(Br)cc4)nc3-c3ccc(F)cc3)cc2S1. The first-order chi connectivity index (χ1) is 52.9. The van der Waals surface area contributed by atoms with Crippen LogP contribution in [0.1, 0.15) is 63.2 Å². The average Bonchev–Trinajstić information content (AvgIpc) is 1.63. The summed E-state index contributed by atoms with van der Waals surface area (Å²) in [5.41, 5.74) is 21.0. The van der Waals surface area contributed by atoms with Gasteiger partial charge in [-0.3, -0.25) is 14.4 Å². The van der Waals surface area contributed by atoms with Gasteiger partial charge < -0.3 is 44.9 Å². The molecular weight excluding hydrogens is 1610 g/mol. The van der Waals surface area contributed by atoms with Crippen LogP contribution in [0, 0.1) is 11.6 Å². The molecule has 0 spiro atoms. The molecule has 3 unspecified atom stereocenters. The highest BCUT2D eigenvalue weighted by molar-refractivity contribution is 9.11. The van der Waals surface area contributed by atoms with Crippen molar-refractivity contribution in [2.24, 2.45) is 0 Å². The summed E-state index contributed by atoms with van der Waals surface area (Å²) < 4.78 is 53.7. The summed E-state index contributed by atoms with van der Waals surface area (Å²) in [6.45, 7) is 13.7. The molecule has 6 aliphatic rings. The van der Waals surface area contributed by atoms with Crippen molar-refractivity contribution >= 4 is 106 Å². The number of hydrogen-bond donors (Lipinski definition) is 3. The molecule has 109 heavy (non-hydrogen) atoms. The fraction of sp³-hybridized carbons (Fsp3) is 0.167. The fourth-order valence-electron chi connectivity index (χ4n) is 14.1. The van der Waals surface area contributed by atoms with Crippen molar-refractivity contribution in [3.63, 3.8) is 0 Å². The van der Waals surface area contributed by atoms with Crippen molar-refractivity contribution in [1.82, 2.24) is 44.0 Å². The maximum Gasteiger partial charge on any atom is 0.250 e. The van der Waals surface area contributed by atoms with Crippen molar-refractivity contribution in [3.05, 3.63) is 317 Å². The van der Waals surface area contributed by atoms with Gasteiger partial charge in [0, 0.05) is 131 Å². The summed E-state index contributed by atoms with van der Waals surface area (Å²) in [7, 11) is 0. The van der Waals surface area contributed by atoms with Crippen LogP contribution in [0.2, 0.25) is 0 Å². The topological polar surface area (TPSA) is 178 Å². The monoisotopic (exact) mass is 1680 g/mol. The van der Waals surface area contributed by atoms with E-state index in [-0.39, 0.29) is 49.2 Å². The molecule has 548 valence electrons. The first-order valence-electron chi connectivity index (χ1n) is 35.2. The van der Waals surface area contributed by atoms with E-state index in [0.29, 0.717) is 43.9 Å². The van der Waals surface area contributed by atoms with E-state index >= 15 is 0 Å². The number of amides is 3. The predicted octanol–water partition coefficient (Wildman–Crippen LogP) is 18.5. The van der Waals surface area contributed by atoms with Crippen LogP contribution in [-0.2, 0) is 60.7 Å². The van der Waals surface area contributed by atoms with E-state index in [1.807, 2.05) is 112 Å². The maximum atomic E-state index is 13.7. The van der Waals surface area contributed by atoms with Crippen molar-refractivity contribution < 1.29 is 37.4 Å². The second-order valence-corrected chi connectivity index (χ2v) is 31.5. The molecule has 6 aliphatic heterocycles. The molecule has 0 saturated carbocycles. The van der Waals surface area contributed by atoms with E-state index in [9.17, 15) is 23.2 Å². The zero-order chi connectivity index (χ0) is 75.0. The van der Waals surface area contributed by atoms with Crippen LogP contribution < -0.4 is 16.0 Å². The normalized spacial score (nSPS) is 16.9. The summed E-state index contributed by atoms with van der Waals surface area (Å²) >= 11 is 13.7. The average molecular weight is 1680 g/mol. The number of allylic oxidation sites excluding steroid dienone is 2. The number of anilines is 3. The highest BCUT2D eigenvalue weighted by Gasteiger charge is 2.40. The second kappa shape index (κ2) is 31.7. The summed E-state index contributed by atoms with van der Waals surface area (Å²) in [6, 6.07) is 57.0. The molecule has 0 bridgehead atoms. The van der Waals surface area contributed by atoms with Crippen LogP contribution in [0.3, 0.4) is 0 Å². The van der Waals surface area contributed by atoms with E-state index < -0.39 is 18.7 Å². The molecule has 18 rings (SSSR count). The van der Waals surface area contributed by atoms with Gasteiger partial charge in [-0.15, -0.1) is 0 Å². The van der Waals surface area contributed by atoms with E-state index in [1.54, 1.807) is 66.5 Å². The minimum Gasteiger partial charge on any atom is -0.359 e. The second-order valence-electron chi connectivity index (χ2n) is 26.9. The van der Waals surface area contributed by atoms with Crippen molar-refractivity contribution in [3.8, 4) is 50.8 Å². The third kappa shape index (κ3) is 16.1. The van der Waals surface area contributed by atoms with Crippen LogP contribution in [0.5, 0.6) is 0 Å². The molecule has 25 heteroatoms. The number of nitrogens with one attached hydrogen (secondary N) is 3. The van der Waals surface area contributed by atoms with Gasteiger partial charge in [0.1, 0.15) is 48.5 Å². The van der Waals surface area contributed by atoms with Gasteiger partial charge in [-0.25, -0.2) is 22.8 Å². The Bertz CT molecular complexity index is 5260. The number of ether oxygens (including phenoxy) is 3. The lowest BCUT2D eigenvalue weighted by Gasteiger charge is -2.23. The van der Waals surface area contributed by atoms with Gasteiger partial charge in [0.05, 0.1) is 27.8 Å².